The van der Waals surface area contributed by atoms with Crippen LogP contribution in [-0.4, -0.2) is 18.7 Å². The number of fused-ring (bicyclic) bond motifs is 11. The van der Waals surface area contributed by atoms with Gasteiger partial charge in [0.05, 0.1) is 49.8 Å². The molecule has 10 rings (SSSR count). The predicted octanol–water partition coefficient (Wildman–Crippen LogP) is 9.11. The topological polar surface area (TPSA) is 36.9 Å². The van der Waals surface area contributed by atoms with Gasteiger partial charge in [-0.2, -0.15) is 0 Å². The molecule has 1 aliphatic heterocycles. The van der Waals surface area contributed by atoms with Gasteiger partial charge >= 0.3 is 0 Å². The number of hydrogen-bond acceptors (Lipinski definition) is 2. The van der Waals surface area contributed by atoms with Crippen LogP contribution in [0.4, 0.5) is 0 Å². The maximum Gasteiger partial charge on any atom is 0.152 e. The molecule has 0 saturated carbocycles. The van der Waals surface area contributed by atoms with Crippen LogP contribution in [0, 0.1) is 0 Å². The van der Waals surface area contributed by atoms with Crippen LogP contribution in [0.25, 0.3) is 71.7 Å². The second-order valence-electron chi connectivity index (χ2n) is 10.6. The highest BCUT2D eigenvalue weighted by atomic mass is 16.5. The van der Waals surface area contributed by atoms with E-state index in [4.69, 9.17) is 20.7 Å². The first-order valence-corrected chi connectivity index (χ1v) is 13.9. The van der Waals surface area contributed by atoms with Gasteiger partial charge in [-0.25, -0.2) is 4.98 Å². The van der Waals surface area contributed by atoms with Crippen molar-refractivity contribution in [3.8, 4) is 22.8 Å². The van der Waals surface area contributed by atoms with Crippen molar-refractivity contribution in [1.82, 2.24) is 18.7 Å². The zero-order valence-electron chi connectivity index (χ0n) is 30.5. The summed E-state index contributed by atoms with van der Waals surface area (Å²) in [6.07, 6.45) is 0. The first-order valence-electron chi connectivity index (χ1n) is 17.9. The summed E-state index contributed by atoms with van der Waals surface area (Å²) in [4.78, 5) is 4.86. The molecule has 0 amide bonds. The fourth-order valence-corrected chi connectivity index (χ4v) is 6.58. The van der Waals surface area contributed by atoms with Crippen molar-refractivity contribution in [3.05, 3.63) is 139 Å². The lowest BCUT2D eigenvalue weighted by Crippen LogP contribution is -2.12. The normalized spacial score (nSPS) is 15.3. The number of benzene rings is 6. The summed E-state index contributed by atoms with van der Waals surface area (Å²) < 4.78 is 81.0. The first-order chi connectivity index (χ1) is 24.7. The van der Waals surface area contributed by atoms with Crippen molar-refractivity contribution in [2.24, 2.45) is 0 Å². The van der Waals surface area contributed by atoms with Gasteiger partial charge in [0, 0.05) is 32.9 Å². The van der Waals surface area contributed by atoms with E-state index in [1.54, 1.807) is 4.57 Å². The third-order valence-electron chi connectivity index (χ3n) is 8.38. The molecule has 3 aromatic heterocycles. The Morgan fingerprint density at radius 1 is 0.558 bits per heavy atom. The van der Waals surface area contributed by atoms with E-state index >= 15 is 0 Å². The predicted molar refractivity (Wildman–Crippen MR) is 174 cm³/mol. The molecule has 0 radical (unpaired) electrons. The summed E-state index contributed by atoms with van der Waals surface area (Å²) in [5, 5.41) is 1.90. The quantitative estimate of drug-likeness (QED) is 0.211. The third kappa shape index (κ3) is 3.08. The summed E-state index contributed by atoms with van der Waals surface area (Å²) in [6, 6.07) is 24.5. The van der Waals surface area contributed by atoms with Crippen LogP contribution in [0.2, 0.25) is 0 Å². The number of hydrogen-bond donors (Lipinski definition) is 0. The first kappa shape index (κ1) is 16.6. The lowest BCUT2D eigenvalue weighted by molar-refractivity contribution is 0.280. The van der Waals surface area contributed by atoms with Gasteiger partial charge in [0.25, 0.3) is 0 Å². The van der Waals surface area contributed by atoms with Crippen molar-refractivity contribution < 1.29 is 15.7 Å². The lowest BCUT2D eigenvalue weighted by atomic mass is 10.1. The van der Waals surface area contributed by atoms with Crippen LogP contribution < -0.4 is 4.74 Å². The standard InChI is InChI=1S/C38H24N4O/c1-4-12-31-26(9-1)27-10-2-5-13-32(27)40(31)24-18-20-34-29(21-24)28-11-3-6-14-33(28)41(34)25-17-19-30-36(22-25)42-35-15-7-8-16-37(35)43-23-38(42)39-30/h1-22H,23H2/i1D,2D,4D,5D,9D,10D,12D,13D. The Morgan fingerprint density at radius 2 is 1.23 bits per heavy atom. The molecule has 5 heteroatoms. The van der Waals surface area contributed by atoms with Crippen LogP contribution in [-0.2, 0) is 6.61 Å². The van der Waals surface area contributed by atoms with E-state index in [9.17, 15) is 0 Å². The minimum atomic E-state index is -0.468. The molecule has 0 aliphatic carbocycles. The Hall–Kier alpha value is -5.81. The number of nitrogens with zero attached hydrogens (tertiary/aromatic N) is 4. The van der Waals surface area contributed by atoms with Gasteiger partial charge < -0.3 is 13.9 Å². The monoisotopic (exact) mass is 560 g/mol. The molecule has 1 aliphatic rings. The molecular weight excluding hydrogens is 528 g/mol. The van der Waals surface area contributed by atoms with E-state index in [0.29, 0.717) is 12.3 Å². The lowest BCUT2D eigenvalue weighted by Gasteiger charge is -2.19. The van der Waals surface area contributed by atoms with E-state index in [1.165, 1.54) is 0 Å². The maximum atomic E-state index is 8.92. The molecule has 202 valence electrons. The van der Waals surface area contributed by atoms with Crippen LogP contribution in [0.3, 0.4) is 0 Å². The highest BCUT2D eigenvalue weighted by Gasteiger charge is 2.22. The van der Waals surface area contributed by atoms with E-state index < -0.39 is 24.2 Å². The number of para-hydroxylation sites is 5. The van der Waals surface area contributed by atoms with Crippen molar-refractivity contribution >= 4 is 54.6 Å². The molecule has 0 saturated heterocycles. The highest BCUT2D eigenvalue weighted by Crippen LogP contribution is 2.38. The Bertz CT molecular complexity index is 2960. The highest BCUT2D eigenvalue weighted by molar-refractivity contribution is 6.12. The van der Waals surface area contributed by atoms with Gasteiger partial charge in [-0.05, 0) is 66.7 Å². The SMILES string of the molecule is [2H]c1c([2H])c([2H])c2c(c1[2H])c1c([2H])c([2H])c([2H])c([2H])c1n2-c1ccc2c(c1)c1ccccc1n2-c1ccc2nc3n(c2c1)-c1ccccc1OC3. The molecule has 0 N–H and O–H groups in total. The Balaban J connectivity index is 1.27. The van der Waals surface area contributed by atoms with Crippen molar-refractivity contribution in [2.45, 2.75) is 6.61 Å². The van der Waals surface area contributed by atoms with E-state index in [2.05, 4.69) is 15.2 Å². The molecule has 0 fully saturated rings. The molecule has 0 unspecified atom stereocenters. The summed E-state index contributed by atoms with van der Waals surface area (Å²) in [6.45, 7) is 0.362. The second kappa shape index (κ2) is 8.37. The maximum absolute atomic E-state index is 8.92. The van der Waals surface area contributed by atoms with Gasteiger partial charge in [0.1, 0.15) is 12.4 Å². The molecule has 43 heavy (non-hydrogen) atoms. The molecule has 5 nitrogen and oxygen atoms in total. The van der Waals surface area contributed by atoms with Crippen molar-refractivity contribution in [1.29, 1.82) is 0 Å². The zero-order chi connectivity index (χ0) is 35.0. The van der Waals surface area contributed by atoms with Crippen LogP contribution in [0.15, 0.2) is 133 Å². The third-order valence-corrected chi connectivity index (χ3v) is 8.38. The Labute approximate surface area is 257 Å². The van der Waals surface area contributed by atoms with Crippen molar-refractivity contribution in [2.75, 3.05) is 0 Å². The summed E-state index contributed by atoms with van der Waals surface area (Å²) >= 11 is 0. The average molecular weight is 561 g/mol. The number of ether oxygens (including phenoxy) is 1. The molecular formula is C38H24N4O. The summed E-state index contributed by atoms with van der Waals surface area (Å²) in [7, 11) is 0. The van der Waals surface area contributed by atoms with Gasteiger partial charge in [0.15, 0.2) is 5.82 Å². The minimum absolute atomic E-state index is 0.0509. The van der Waals surface area contributed by atoms with E-state index in [1.807, 2.05) is 78.9 Å². The molecule has 0 spiro atoms. The number of rotatable bonds is 2. The molecule has 9 aromatic rings. The van der Waals surface area contributed by atoms with E-state index in [-0.39, 0.29) is 46.0 Å². The fraction of sp³-hybridized carbons (Fsp3) is 0.0263. The average Bonchev–Trinajstić information content (AvgIpc) is 3.82. The van der Waals surface area contributed by atoms with Gasteiger partial charge in [0.2, 0.25) is 0 Å². The van der Waals surface area contributed by atoms with Gasteiger partial charge in [-0.15, -0.1) is 0 Å². The van der Waals surface area contributed by atoms with Crippen molar-refractivity contribution in [3.63, 3.8) is 0 Å². The molecule has 0 bridgehead atoms. The largest absolute Gasteiger partial charge is 0.483 e. The number of aromatic nitrogens is 4. The zero-order valence-corrected chi connectivity index (χ0v) is 22.5. The van der Waals surface area contributed by atoms with Gasteiger partial charge in [-0.1, -0.05) is 66.6 Å². The summed E-state index contributed by atoms with van der Waals surface area (Å²) in [5.41, 5.74) is 6.12. The summed E-state index contributed by atoms with van der Waals surface area (Å²) in [5.74, 6) is 1.61. The van der Waals surface area contributed by atoms with Crippen LogP contribution in [0.1, 0.15) is 16.8 Å². The fourth-order valence-electron chi connectivity index (χ4n) is 6.58. The van der Waals surface area contributed by atoms with Gasteiger partial charge in [-0.3, -0.25) is 4.57 Å². The second-order valence-corrected chi connectivity index (χ2v) is 10.6. The van der Waals surface area contributed by atoms with Crippen LogP contribution >= 0.6 is 0 Å². The number of imidazole rings is 1. The Kier molecular flexibility index (Phi) is 3.23. The van der Waals surface area contributed by atoms with E-state index in [0.717, 1.165) is 55.8 Å². The molecule has 6 aromatic carbocycles. The Morgan fingerprint density at radius 3 is 2.09 bits per heavy atom. The molecule has 0 atom stereocenters. The van der Waals surface area contributed by atoms with Crippen LogP contribution in [0.5, 0.6) is 5.75 Å². The minimum Gasteiger partial charge on any atom is -0.483 e. The molecule has 4 heterocycles. The smallest absolute Gasteiger partial charge is 0.152 e.